The van der Waals surface area contributed by atoms with Crippen molar-refractivity contribution in [3.8, 4) is 0 Å². The lowest BCUT2D eigenvalue weighted by Crippen LogP contribution is -2.32. The van der Waals surface area contributed by atoms with Gasteiger partial charge in [0.2, 0.25) is 0 Å². The quantitative estimate of drug-likeness (QED) is 0.816. The zero-order chi connectivity index (χ0) is 14.7. The van der Waals surface area contributed by atoms with Crippen LogP contribution >= 0.6 is 15.9 Å². The third kappa shape index (κ3) is 3.96. The first kappa shape index (κ1) is 14.8. The largest absolute Gasteiger partial charge is 0.452 e. The fourth-order valence-electron chi connectivity index (χ4n) is 2.57. The number of halogens is 1. The molecule has 0 radical (unpaired) electrons. The van der Waals surface area contributed by atoms with Crippen LogP contribution in [-0.2, 0) is 16.0 Å². The van der Waals surface area contributed by atoms with Crippen molar-refractivity contribution in [3.63, 3.8) is 0 Å². The minimum Gasteiger partial charge on any atom is -0.452 e. The highest BCUT2D eigenvalue weighted by Gasteiger charge is 2.25. The van der Waals surface area contributed by atoms with Crippen molar-refractivity contribution in [3.05, 3.63) is 41.3 Å². The summed E-state index contributed by atoms with van der Waals surface area (Å²) in [5.74, 6) is 0.808. The van der Waals surface area contributed by atoms with Crippen LogP contribution < -0.4 is 0 Å². The normalized spacial score (nSPS) is 24.1. The van der Waals surface area contributed by atoms with E-state index in [-0.39, 0.29) is 18.5 Å². The van der Waals surface area contributed by atoms with Crippen LogP contribution in [0.3, 0.4) is 0 Å². The Kier molecular flexibility index (Phi) is 4.77. The lowest BCUT2D eigenvalue weighted by atomic mass is 10.1. The number of aromatic nitrogens is 2. The maximum atomic E-state index is 6.03. The van der Waals surface area contributed by atoms with Gasteiger partial charge in [0.15, 0.2) is 11.0 Å². The molecule has 0 amide bonds. The molecule has 0 N–H and O–H groups in total. The Bertz CT molecular complexity index is 555. The Hall–Kier alpha value is -1.11. The molecule has 2 aromatic heterocycles. The molecule has 0 aliphatic carbocycles. The summed E-state index contributed by atoms with van der Waals surface area (Å²) in [6.45, 7) is 2.80. The van der Waals surface area contributed by atoms with Crippen LogP contribution in [0, 0.1) is 0 Å². The van der Waals surface area contributed by atoms with E-state index >= 15 is 0 Å². The van der Waals surface area contributed by atoms with Gasteiger partial charge in [-0.1, -0.05) is 0 Å². The molecule has 114 valence electrons. The Morgan fingerprint density at radius 2 is 2.38 bits per heavy atom. The minimum atomic E-state index is -0.175. The highest BCUT2D eigenvalue weighted by atomic mass is 79.9. The van der Waals surface area contributed by atoms with Gasteiger partial charge in [-0.3, -0.25) is 0 Å². The summed E-state index contributed by atoms with van der Waals surface area (Å²) in [7, 11) is 0. The third-order valence-corrected chi connectivity index (χ3v) is 4.06. The molecule has 0 bridgehead atoms. The predicted octanol–water partition coefficient (Wildman–Crippen LogP) is 3.91. The van der Waals surface area contributed by atoms with Gasteiger partial charge in [-0.15, -0.1) is 0 Å². The lowest BCUT2D eigenvalue weighted by molar-refractivity contribution is -0.218. The second kappa shape index (κ2) is 6.77. The van der Waals surface area contributed by atoms with Gasteiger partial charge in [-0.25, -0.2) is 4.98 Å². The monoisotopic (exact) mass is 354 g/mol. The van der Waals surface area contributed by atoms with Gasteiger partial charge < -0.3 is 18.5 Å². The average Bonchev–Trinajstić information content (AvgIpc) is 3.11. The first-order chi connectivity index (χ1) is 10.2. The van der Waals surface area contributed by atoms with Crippen molar-refractivity contribution >= 4 is 15.9 Å². The lowest BCUT2D eigenvalue weighted by Gasteiger charge is -2.31. The van der Waals surface area contributed by atoms with E-state index in [0.717, 1.165) is 36.2 Å². The van der Waals surface area contributed by atoms with Crippen LogP contribution in [0.15, 0.2) is 39.9 Å². The summed E-state index contributed by atoms with van der Waals surface area (Å²) >= 11 is 3.31. The molecule has 0 saturated carbocycles. The van der Waals surface area contributed by atoms with E-state index in [0.29, 0.717) is 0 Å². The van der Waals surface area contributed by atoms with Gasteiger partial charge in [0, 0.05) is 18.9 Å². The van der Waals surface area contributed by atoms with Gasteiger partial charge in [0.25, 0.3) is 0 Å². The third-order valence-electron chi connectivity index (χ3n) is 3.63. The molecule has 21 heavy (non-hydrogen) atoms. The Labute approximate surface area is 132 Å². The van der Waals surface area contributed by atoms with Crippen LogP contribution in [0.2, 0.25) is 0 Å². The highest BCUT2D eigenvalue weighted by Crippen LogP contribution is 2.28. The number of nitrogens with zero attached hydrogens (tertiary/aromatic N) is 2. The molecule has 3 atom stereocenters. The number of rotatable bonds is 5. The molecule has 3 rings (SSSR count). The zero-order valence-corrected chi connectivity index (χ0v) is 13.5. The van der Waals surface area contributed by atoms with Gasteiger partial charge in [-0.2, -0.15) is 0 Å². The van der Waals surface area contributed by atoms with Crippen LogP contribution in [-0.4, -0.2) is 21.9 Å². The van der Waals surface area contributed by atoms with Crippen molar-refractivity contribution < 1.29 is 13.9 Å². The Morgan fingerprint density at radius 1 is 1.48 bits per heavy atom. The van der Waals surface area contributed by atoms with Gasteiger partial charge >= 0.3 is 0 Å². The van der Waals surface area contributed by atoms with Crippen molar-refractivity contribution in [2.24, 2.45) is 0 Å². The first-order valence-electron chi connectivity index (χ1n) is 7.22. The van der Waals surface area contributed by atoms with Crippen molar-refractivity contribution in [2.75, 3.05) is 0 Å². The molecule has 1 saturated heterocycles. The summed E-state index contributed by atoms with van der Waals surface area (Å²) in [5, 5.41) is 0. The number of hydrogen-bond donors (Lipinski definition) is 0. The maximum absolute atomic E-state index is 6.03. The highest BCUT2D eigenvalue weighted by molar-refractivity contribution is 9.10. The summed E-state index contributed by atoms with van der Waals surface area (Å²) in [5.41, 5.74) is 0. The van der Waals surface area contributed by atoms with Gasteiger partial charge in [0.05, 0.1) is 12.4 Å². The average molecular weight is 355 g/mol. The first-order valence-corrected chi connectivity index (χ1v) is 8.02. The smallest absolute Gasteiger partial charge is 0.169 e. The van der Waals surface area contributed by atoms with E-state index < -0.39 is 0 Å². The molecular weight excluding hydrogens is 336 g/mol. The van der Waals surface area contributed by atoms with Crippen LogP contribution in [0.1, 0.15) is 38.1 Å². The minimum absolute atomic E-state index is 0.117. The fourth-order valence-corrected chi connectivity index (χ4v) is 2.89. The van der Waals surface area contributed by atoms with Crippen LogP contribution in [0.5, 0.6) is 0 Å². The Balaban J connectivity index is 1.53. The Morgan fingerprint density at radius 3 is 3.10 bits per heavy atom. The summed E-state index contributed by atoms with van der Waals surface area (Å²) in [4.78, 5) is 4.06. The molecule has 0 spiro atoms. The maximum Gasteiger partial charge on any atom is 0.169 e. The van der Waals surface area contributed by atoms with E-state index in [9.17, 15) is 0 Å². The van der Waals surface area contributed by atoms with E-state index in [4.69, 9.17) is 13.9 Å². The van der Waals surface area contributed by atoms with Crippen LogP contribution in [0.25, 0.3) is 0 Å². The second-order valence-corrected chi connectivity index (χ2v) is 6.08. The van der Waals surface area contributed by atoms with E-state index in [1.165, 1.54) is 0 Å². The van der Waals surface area contributed by atoms with Crippen molar-refractivity contribution in [2.45, 2.75) is 51.2 Å². The van der Waals surface area contributed by atoms with Crippen LogP contribution in [0.4, 0.5) is 0 Å². The molecule has 6 heteroatoms. The second-order valence-electron chi connectivity index (χ2n) is 5.30. The summed E-state index contributed by atoms with van der Waals surface area (Å²) in [6.07, 6.45) is 8.53. The molecule has 1 fully saturated rings. The molecule has 3 heterocycles. The van der Waals surface area contributed by atoms with Crippen molar-refractivity contribution in [1.29, 1.82) is 0 Å². The van der Waals surface area contributed by atoms with E-state index in [1.807, 2.05) is 36.1 Å². The number of hydrogen-bond acceptors (Lipinski definition) is 4. The summed E-state index contributed by atoms with van der Waals surface area (Å²) in [6, 6.07) is 3.79. The van der Waals surface area contributed by atoms with Gasteiger partial charge in [-0.05, 0) is 54.2 Å². The number of imidazole rings is 1. The fraction of sp³-hybridized carbons (Fsp3) is 0.533. The van der Waals surface area contributed by atoms with E-state index in [2.05, 4.69) is 20.9 Å². The molecule has 2 aromatic rings. The zero-order valence-electron chi connectivity index (χ0n) is 11.9. The van der Waals surface area contributed by atoms with E-state index in [1.54, 1.807) is 6.20 Å². The summed E-state index contributed by atoms with van der Waals surface area (Å²) < 4.78 is 20.3. The standard InChI is InChI=1S/C15H19BrN2O3/c1-11(13-5-6-14(16)21-13)19-15-4-2-3-12(20-15)9-18-8-7-17-10-18/h5-8,10-12,15H,2-4,9H2,1H3. The predicted molar refractivity (Wildman–Crippen MR) is 80.6 cm³/mol. The number of furan rings is 1. The molecular formula is C15H19BrN2O3. The topological polar surface area (TPSA) is 49.4 Å². The molecule has 5 nitrogen and oxygen atoms in total. The molecule has 1 aliphatic rings. The van der Waals surface area contributed by atoms with Gasteiger partial charge in [0.1, 0.15) is 11.9 Å². The number of ether oxygens (including phenoxy) is 2. The SMILES string of the molecule is CC(OC1CCCC(Cn2ccnc2)O1)c1ccc(Br)o1. The molecule has 0 aromatic carbocycles. The molecule has 1 aliphatic heterocycles. The molecule has 3 unspecified atom stereocenters. The van der Waals surface area contributed by atoms with Crippen molar-refractivity contribution in [1.82, 2.24) is 9.55 Å².